The van der Waals surface area contributed by atoms with Crippen molar-refractivity contribution in [1.82, 2.24) is 0 Å². The van der Waals surface area contributed by atoms with E-state index in [1.165, 1.54) is 43.5 Å². The van der Waals surface area contributed by atoms with Crippen molar-refractivity contribution in [2.45, 2.75) is 11.8 Å². The summed E-state index contributed by atoms with van der Waals surface area (Å²) in [6.07, 6.45) is 0. The van der Waals surface area contributed by atoms with Crippen LogP contribution in [-0.2, 0) is 14.8 Å². The highest BCUT2D eigenvalue weighted by atomic mass is 32.2. The van der Waals surface area contributed by atoms with Crippen LogP contribution in [0.5, 0.6) is 0 Å². The predicted octanol–water partition coefficient (Wildman–Crippen LogP) is 2.45. The molecule has 0 saturated carbocycles. The number of hydrogen-bond donors (Lipinski definition) is 1. The second-order valence-corrected chi connectivity index (χ2v) is 6.42. The summed E-state index contributed by atoms with van der Waals surface area (Å²) in [5.74, 6) is -0.611. The molecule has 0 heterocycles. The van der Waals surface area contributed by atoms with Gasteiger partial charge in [-0.25, -0.2) is 13.2 Å². The van der Waals surface area contributed by atoms with Crippen molar-refractivity contribution in [2.75, 3.05) is 11.8 Å². The molecule has 23 heavy (non-hydrogen) atoms. The molecule has 0 saturated heterocycles. The van der Waals surface area contributed by atoms with Crippen molar-refractivity contribution in [3.8, 4) is 6.07 Å². The number of rotatable bonds is 4. The minimum atomic E-state index is -3.87. The van der Waals surface area contributed by atoms with Crippen LogP contribution in [0.2, 0.25) is 0 Å². The minimum absolute atomic E-state index is 0.00948. The van der Waals surface area contributed by atoms with Gasteiger partial charge in [-0.1, -0.05) is 6.07 Å². The summed E-state index contributed by atoms with van der Waals surface area (Å²) in [5, 5.41) is 8.75. The van der Waals surface area contributed by atoms with Crippen LogP contribution >= 0.6 is 0 Å². The zero-order chi connectivity index (χ0) is 17.0. The van der Waals surface area contributed by atoms with Crippen LogP contribution in [-0.4, -0.2) is 21.5 Å². The van der Waals surface area contributed by atoms with Gasteiger partial charge in [-0.15, -0.1) is 0 Å². The molecular formula is C16H14N2O4S. The predicted molar refractivity (Wildman–Crippen MR) is 84.5 cm³/mol. The lowest BCUT2D eigenvalue weighted by Gasteiger charge is -2.11. The number of carbonyl (C=O) groups is 1. The van der Waals surface area contributed by atoms with Crippen molar-refractivity contribution >= 4 is 21.7 Å². The lowest BCUT2D eigenvalue weighted by molar-refractivity contribution is 0.0600. The van der Waals surface area contributed by atoms with Crippen LogP contribution in [0.4, 0.5) is 5.69 Å². The number of esters is 1. The molecule has 0 aromatic heterocycles. The zero-order valence-corrected chi connectivity index (χ0v) is 13.3. The van der Waals surface area contributed by atoms with E-state index in [0.717, 1.165) is 0 Å². The SMILES string of the molecule is COC(=O)c1ccc(C)c(S(=O)(=O)Nc2ccc(C#N)cc2)c1. The van der Waals surface area contributed by atoms with Crippen molar-refractivity contribution in [1.29, 1.82) is 5.26 Å². The van der Waals surface area contributed by atoms with Crippen LogP contribution in [0.25, 0.3) is 0 Å². The maximum absolute atomic E-state index is 12.5. The van der Waals surface area contributed by atoms with Crippen molar-refractivity contribution in [2.24, 2.45) is 0 Å². The monoisotopic (exact) mass is 330 g/mol. The smallest absolute Gasteiger partial charge is 0.337 e. The van der Waals surface area contributed by atoms with Gasteiger partial charge in [-0.05, 0) is 48.9 Å². The summed E-state index contributed by atoms with van der Waals surface area (Å²) < 4.78 is 32.0. The molecule has 0 aliphatic heterocycles. The maximum Gasteiger partial charge on any atom is 0.337 e. The molecule has 0 atom stereocenters. The molecule has 118 valence electrons. The molecule has 1 N–H and O–H groups in total. The number of benzene rings is 2. The Bertz CT molecular complexity index is 881. The molecule has 0 radical (unpaired) electrons. The summed E-state index contributed by atoms with van der Waals surface area (Å²) >= 11 is 0. The fourth-order valence-electron chi connectivity index (χ4n) is 1.96. The Kier molecular flexibility index (Phi) is 4.67. The van der Waals surface area contributed by atoms with Gasteiger partial charge in [0.2, 0.25) is 0 Å². The first kappa shape index (κ1) is 16.5. The van der Waals surface area contributed by atoms with E-state index in [0.29, 0.717) is 16.8 Å². The van der Waals surface area contributed by atoms with E-state index in [-0.39, 0.29) is 10.5 Å². The fraction of sp³-hybridized carbons (Fsp3) is 0.125. The van der Waals surface area contributed by atoms with Crippen molar-refractivity contribution < 1.29 is 17.9 Å². The first-order chi connectivity index (χ1) is 10.9. The van der Waals surface area contributed by atoms with Crippen molar-refractivity contribution in [3.63, 3.8) is 0 Å². The topological polar surface area (TPSA) is 96.3 Å². The van der Waals surface area contributed by atoms with Gasteiger partial charge in [-0.3, -0.25) is 4.72 Å². The van der Waals surface area contributed by atoms with Gasteiger partial charge in [0.15, 0.2) is 0 Å². The molecule has 0 spiro atoms. The Morgan fingerprint density at radius 3 is 2.39 bits per heavy atom. The third-order valence-electron chi connectivity index (χ3n) is 3.16. The summed E-state index contributed by atoms with van der Waals surface area (Å²) in [4.78, 5) is 11.6. The molecule has 2 aromatic carbocycles. The van der Waals surface area contributed by atoms with E-state index in [2.05, 4.69) is 9.46 Å². The Morgan fingerprint density at radius 1 is 1.17 bits per heavy atom. The van der Waals surface area contributed by atoms with Gasteiger partial charge in [-0.2, -0.15) is 5.26 Å². The molecule has 2 aromatic rings. The van der Waals surface area contributed by atoms with E-state index < -0.39 is 16.0 Å². The van der Waals surface area contributed by atoms with Gasteiger partial charge in [0.1, 0.15) is 0 Å². The zero-order valence-electron chi connectivity index (χ0n) is 12.5. The Balaban J connectivity index is 2.38. The van der Waals surface area contributed by atoms with Gasteiger partial charge < -0.3 is 4.74 Å². The quantitative estimate of drug-likeness (QED) is 0.869. The molecular weight excluding hydrogens is 316 g/mol. The summed E-state index contributed by atoms with van der Waals surface area (Å²) in [6.45, 7) is 1.63. The van der Waals surface area contributed by atoms with E-state index >= 15 is 0 Å². The van der Waals surface area contributed by atoms with E-state index in [1.807, 2.05) is 6.07 Å². The largest absolute Gasteiger partial charge is 0.465 e. The van der Waals surface area contributed by atoms with Crippen LogP contribution in [0.1, 0.15) is 21.5 Å². The number of nitrogens with one attached hydrogen (secondary N) is 1. The number of hydrogen-bond acceptors (Lipinski definition) is 5. The first-order valence-electron chi connectivity index (χ1n) is 6.59. The number of sulfonamides is 1. The Hall–Kier alpha value is -2.85. The molecule has 0 aliphatic rings. The van der Waals surface area contributed by atoms with E-state index in [9.17, 15) is 13.2 Å². The van der Waals surface area contributed by atoms with Crippen LogP contribution in [0.15, 0.2) is 47.4 Å². The standard InChI is InChI=1S/C16H14N2O4S/c1-11-3-6-13(16(19)22-2)9-15(11)23(20,21)18-14-7-4-12(10-17)5-8-14/h3-9,18H,1-2H3. The Labute approximate surface area is 134 Å². The summed E-state index contributed by atoms with van der Waals surface area (Å²) in [7, 11) is -2.64. The van der Waals surface area contributed by atoms with Crippen molar-refractivity contribution in [3.05, 3.63) is 59.2 Å². The third-order valence-corrected chi connectivity index (χ3v) is 4.69. The molecule has 0 unspecified atom stereocenters. The minimum Gasteiger partial charge on any atom is -0.465 e. The highest BCUT2D eigenvalue weighted by Crippen LogP contribution is 2.21. The van der Waals surface area contributed by atoms with Gasteiger partial charge in [0, 0.05) is 5.69 Å². The number of nitrogens with zero attached hydrogens (tertiary/aromatic N) is 1. The highest BCUT2D eigenvalue weighted by Gasteiger charge is 2.19. The highest BCUT2D eigenvalue weighted by molar-refractivity contribution is 7.92. The number of carbonyl (C=O) groups excluding carboxylic acids is 1. The van der Waals surface area contributed by atoms with Gasteiger partial charge in [0.05, 0.1) is 29.2 Å². The molecule has 0 fully saturated rings. The van der Waals surface area contributed by atoms with E-state index in [4.69, 9.17) is 5.26 Å². The molecule has 2 rings (SSSR count). The third kappa shape index (κ3) is 3.67. The van der Waals surface area contributed by atoms with Crippen LogP contribution < -0.4 is 4.72 Å². The number of methoxy groups -OCH3 is 1. The average Bonchev–Trinajstić information content (AvgIpc) is 2.54. The second kappa shape index (κ2) is 6.50. The summed E-state index contributed by atoms with van der Waals surface area (Å²) in [6, 6.07) is 12.3. The number of anilines is 1. The van der Waals surface area contributed by atoms with Crippen LogP contribution in [0, 0.1) is 18.3 Å². The van der Waals surface area contributed by atoms with E-state index in [1.54, 1.807) is 13.0 Å². The fourth-order valence-corrected chi connectivity index (χ4v) is 3.29. The number of aryl methyl sites for hydroxylation is 1. The van der Waals surface area contributed by atoms with Gasteiger partial charge in [0.25, 0.3) is 10.0 Å². The molecule has 0 aliphatic carbocycles. The molecule has 7 heteroatoms. The molecule has 0 amide bonds. The maximum atomic E-state index is 12.5. The lowest BCUT2D eigenvalue weighted by Crippen LogP contribution is -2.15. The molecule has 6 nitrogen and oxygen atoms in total. The second-order valence-electron chi connectivity index (χ2n) is 4.77. The number of ether oxygens (including phenoxy) is 1. The average molecular weight is 330 g/mol. The normalized spacial score (nSPS) is 10.7. The molecule has 0 bridgehead atoms. The Morgan fingerprint density at radius 2 is 1.83 bits per heavy atom. The summed E-state index contributed by atoms with van der Waals surface area (Å²) in [5.41, 5.74) is 1.40. The first-order valence-corrected chi connectivity index (χ1v) is 8.07. The number of nitriles is 1. The lowest BCUT2D eigenvalue weighted by atomic mass is 10.1. The van der Waals surface area contributed by atoms with Crippen LogP contribution in [0.3, 0.4) is 0 Å². The van der Waals surface area contributed by atoms with Gasteiger partial charge >= 0.3 is 5.97 Å².